The second kappa shape index (κ2) is 8.60. The van der Waals surface area contributed by atoms with Crippen LogP contribution in [0, 0.1) is 5.92 Å². The van der Waals surface area contributed by atoms with Crippen LogP contribution in [0.4, 0.5) is 5.82 Å². The Balaban J connectivity index is 1.46. The number of amides is 1. The Kier molecular flexibility index (Phi) is 5.98. The van der Waals surface area contributed by atoms with Crippen molar-refractivity contribution in [2.75, 3.05) is 25.5 Å². The van der Waals surface area contributed by atoms with Crippen LogP contribution in [0.3, 0.4) is 0 Å². The first-order chi connectivity index (χ1) is 12.2. The van der Waals surface area contributed by atoms with Crippen LogP contribution in [0.2, 0.25) is 0 Å². The second-order valence-corrected chi connectivity index (χ2v) is 6.58. The Labute approximate surface area is 148 Å². The summed E-state index contributed by atoms with van der Waals surface area (Å²) in [5.74, 6) is 1.60. The van der Waals surface area contributed by atoms with Crippen molar-refractivity contribution >= 4 is 11.7 Å². The molecule has 3 rings (SSSR count). The lowest BCUT2D eigenvalue weighted by molar-refractivity contribution is -0.131. The molecule has 0 aliphatic carbocycles. The molecule has 0 radical (unpaired) electrons. The predicted molar refractivity (Wildman–Crippen MR) is 96.0 cm³/mol. The second-order valence-electron chi connectivity index (χ2n) is 6.58. The molecule has 0 saturated carbocycles. The fraction of sp³-hybridized carbons (Fsp3) is 0.556. The molecule has 1 atom stereocenters. The Morgan fingerprint density at radius 1 is 1.28 bits per heavy atom. The van der Waals surface area contributed by atoms with E-state index in [1.807, 2.05) is 28.9 Å². The molecule has 1 aliphatic rings. The number of aryl methyl sites for hydroxylation is 1. The summed E-state index contributed by atoms with van der Waals surface area (Å²) < 4.78 is 1.95. The van der Waals surface area contributed by atoms with E-state index in [4.69, 9.17) is 0 Å². The zero-order valence-electron chi connectivity index (χ0n) is 14.8. The predicted octanol–water partition coefficient (Wildman–Crippen LogP) is 1.98. The molecule has 7 heteroatoms. The number of carbonyl (C=O) groups excluding carboxylic acids is 1. The molecule has 1 amide bonds. The maximum atomic E-state index is 12.4. The average molecular weight is 342 g/mol. The van der Waals surface area contributed by atoms with Crippen LogP contribution in [0.25, 0.3) is 0 Å². The molecule has 0 unspecified atom stereocenters. The van der Waals surface area contributed by atoms with E-state index in [0.29, 0.717) is 18.9 Å². The van der Waals surface area contributed by atoms with E-state index in [9.17, 15) is 4.79 Å². The van der Waals surface area contributed by atoms with Gasteiger partial charge in [0.15, 0.2) is 0 Å². The summed E-state index contributed by atoms with van der Waals surface area (Å²) in [4.78, 5) is 27.3. The zero-order valence-corrected chi connectivity index (χ0v) is 14.8. The SMILES string of the molecule is CNc1cnc(C[C@H]2CCCN(C(=O)CCn3ccnc3)CC2)cn1. The molecule has 7 nitrogen and oxygen atoms in total. The van der Waals surface area contributed by atoms with Crippen molar-refractivity contribution in [2.24, 2.45) is 5.92 Å². The third kappa shape index (κ3) is 5.01. The number of nitrogens with one attached hydrogen (secondary N) is 1. The highest BCUT2D eigenvalue weighted by atomic mass is 16.2. The number of aromatic nitrogens is 4. The molecule has 134 valence electrons. The van der Waals surface area contributed by atoms with Gasteiger partial charge in [0.1, 0.15) is 5.82 Å². The quantitative estimate of drug-likeness (QED) is 0.869. The standard InChI is InChI=1S/C18H26N6O/c1-19-17-13-21-16(12-22-17)11-15-3-2-7-24(9-4-15)18(25)5-8-23-10-6-20-14-23/h6,10,12-15H,2-5,7-9,11H2,1H3,(H,19,22)/t15-/m0/s1. The van der Waals surface area contributed by atoms with Gasteiger partial charge >= 0.3 is 0 Å². The summed E-state index contributed by atoms with van der Waals surface area (Å²) in [6, 6.07) is 0. The molecule has 1 saturated heterocycles. The van der Waals surface area contributed by atoms with Crippen LogP contribution >= 0.6 is 0 Å². The highest BCUT2D eigenvalue weighted by Crippen LogP contribution is 2.21. The van der Waals surface area contributed by atoms with E-state index in [0.717, 1.165) is 50.3 Å². The van der Waals surface area contributed by atoms with Crippen molar-refractivity contribution < 1.29 is 4.79 Å². The maximum Gasteiger partial charge on any atom is 0.224 e. The summed E-state index contributed by atoms with van der Waals surface area (Å²) in [5, 5.41) is 2.98. The lowest BCUT2D eigenvalue weighted by atomic mass is 9.95. The fourth-order valence-electron chi connectivity index (χ4n) is 3.31. The molecule has 0 aromatic carbocycles. The molecule has 25 heavy (non-hydrogen) atoms. The topological polar surface area (TPSA) is 75.9 Å². The lowest BCUT2D eigenvalue weighted by Crippen LogP contribution is -2.32. The van der Waals surface area contributed by atoms with Gasteiger partial charge in [0.2, 0.25) is 5.91 Å². The lowest BCUT2D eigenvalue weighted by Gasteiger charge is -2.20. The molecule has 0 bridgehead atoms. The first-order valence-electron chi connectivity index (χ1n) is 8.97. The summed E-state index contributed by atoms with van der Waals surface area (Å²) in [6.45, 7) is 2.41. The highest BCUT2D eigenvalue weighted by molar-refractivity contribution is 5.76. The average Bonchev–Trinajstić information content (AvgIpc) is 3.06. The normalized spacial score (nSPS) is 18.0. The van der Waals surface area contributed by atoms with Crippen LogP contribution in [-0.2, 0) is 17.8 Å². The number of anilines is 1. The minimum Gasteiger partial charge on any atom is -0.372 e. The van der Waals surface area contributed by atoms with Gasteiger partial charge in [-0.1, -0.05) is 0 Å². The fourth-order valence-corrected chi connectivity index (χ4v) is 3.31. The van der Waals surface area contributed by atoms with E-state index >= 15 is 0 Å². The van der Waals surface area contributed by atoms with Gasteiger partial charge in [-0.05, 0) is 31.6 Å². The Morgan fingerprint density at radius 2 is 2.20 bits per heavy atom. The monoisotopic (exact) mass is 342 g/mol. The molecule has 2 aromatic rings. The molecule has 3 heterocycles. The summed E-state index contributed by atoms with van der Waals surface area (Å²) >= 11 is 0. The maximum absolute atomic E-state index is 12.4. The van der Waals surface area contributed by atoms with Crippen LogP contribution < -0.4 is 5.32 Å². The summed E-state index contributed by atoms with van der Waals surface area (Å²) in [6.07, 6.45) is 13.7. The first-order valence-corrected chi connectivity index (χ1v) is 8.97. The van der Waals surface area contributed by atoms with E-state index in [1.54, 1.807) is 18.7 Å². The van der Waals surface area contributed by atoms with Gasteiger partial charge in [0.25, 0.3) is 0 Å². The number of nitrogens with zero attached hydrogens (tertiary/aromatic N) is 5. The van der Waals surface area contributed by atoms with E-state index in [2.05, 4.69) is 20.3 Å². The molecule has 1 fully saturated rings. The first kappa shape index (κ1) is 17.4. The zero-order chi connectivity index (χ0) is 17.5. The number of likely N-dealkylation sites (tertiary alicyclic amines) is 1. The van der Waals surface area contributed by atoms with Crippen LogP contribution in [0.1, 0.15) is 31.4 Å². The minimum atomic E-state index is 0.243. The van der Waals surface area contributed by atoms with Gasteiger partial charge in [0.05, 0.1) is 24.4 Å². The van der Waals surface area contributed by atoms with Crippen LogP contribution in [0.15, 0.2) is 31.1 Å². The van der Waals surface area contributed by atoms with E-state index < -0.39 is 0 Å². The largest absolute Gasteiger partial charge is 0.372 e. The molecule has 2 aromatic heterocycles. The Bertz CT molecular complexity index is 655. The molecular weight excluding hydrogens is 316 g/mol. The van der Waals surface area contributed by atoms with Gasteiger partial charge < -0.3 is 14.8 Å². The summed E-state index contributed by atoms with van der Waals surface area (Å²) in [7, 11) is 1.84. The van der Waals surface area contributed by atoms with Gasteiger partial charge in [-0.15, -0.1) is 0 Å². The molecular formula is C18H26N6O. The van der Waals surface area contributed by atoms with Gasteiger partial charge in [-0.25, -0.2) is 9.97 Å². The third-order valence-corrected chi connectivity index (χ3v) is 4.80. The van der Waals surface area contributed by atoms with Gasteiger partial charge in [0, 0.05) is 45.5 Å². The number of carbonyl (C=O) groups is 1. The summed E-state index contributed by atoms with van der Waals surface area (Å²) in [5.41, 5.74) is 1.03. The number of hydrogen-bond donors (Lipinski definition) is 1. The Hall–Kier alpha value is -2.44. The molecule has 0 spiro atoms. The van der Waals surface area contributed by atoms with E-state index in [-0.39, 0.29) is 5.91 Å². The van der Waals surface area contributed by atoms with Gasteiger partial charge in [-0.3, -0.25) is 9.78 Å². The highest BCUT2D eigenvalue weighted by Gasteiger charge is 2.21. The van der Waals surface area contributed by atoms with Gasteiger partial charge in [-0.2, -0.15) is 0 Å². The van der Waals surface area contributed by atoms with Crippen molar-refractivity contribution in [3.63, 3.8) is 0 Å². The van der Waals surface area contributed by atoms with Crippen molar-refractivity contribution in [1.29, 1.82) is 0 Å². The third-order valence-electron chi connectivity index (χ3n) is 4.80. The van der Waals surface area contributed by atoms with Crippen LogP contribution in [-0.4, -0.2) is 50.5 Å². The molecule has 1 N–H and O–H groups in total. The minimum absolute atomic E-state index is 0.243. The number of hydrogen-bond acceptors (Lipinski definition) is 5. The van der Waals surface area contributed by atoms with Crippen LogP contribution in [0.5, 0.6) is 0 Å². The number of imidazole rings is 1. The van der Waals surface area contributed by atoms with Crippen molar-refractivity contribution in [2.45, 2.75) is 38.6 Å². The van der Waals surface area contributed by atoms with E-state index in [1.165, 1.54) is 0 Å². The molecule has 1 aliphatic heterocycles. The number of rotatable bonds is 6. The van der Waals surface area contributed by atoms with Crippen molar-refractivity contribution in [3.8, 4) is 0 Å². The Morgan fingerprint density at radius 3 is 2.92 bits per heavy atom. The van der Waals surface area contributed by atoms with Crippen molar-refractivity contribution in [3.05, 3.63) is 36.8 Å². The smallest absolute Gasteiger partial charge is 0.224 e. The van der Waals surface area contributed by atoms with Crippen molar-refractivity contribution in [1.82, 2.24) is 24.4 Å².